The number of ether oxygens (including phenoxy) is 1. The van der Waals surface area contributed by atoms with Gasteiger partial charge in [0.1, 0.15) is 11.9 Å². The van der Waals surface area contributed by atoms with Gasteiger partial charge < -0.3 is 15.4 Å². The lowest BCUT2D eigenvalue weighted by molar-refractivity contribution is -0.117. The predicted molar refractivity (Wildman–Crippen MR) is 99.2 cm³/mol. The molecule has 1 aliphatic heterocycles. The molecule has 1 saturated carbocycles. The van der Waals surface area contributed by atoms with Crippen LogP contribution in [-0.4, -0.2) is 24.5 Å². The van der Waals surface area contributed by atoms with Gasteiger partial charge in [0, 0.05) is 23.6 Å². The van der Waals surface area contributed by atoms with Gasteiger partial charge in [-0.3, -0.25) is 9.59 Å². The van der Waals surface area contributed by atoms with Gasteiger partial charge in [-0.25, -0.2) is 0 Å². The van der Waals surface area contributed by atoms with Crippen LogP contribution >= 0.6 is 0 Å². The first kappa shape index (κ1) is 16.6. The molecule has 2 aliphatic rings. The second-order valence-electron chi connectivity index (χ2n) is 7.15. The molecule has 0 saturated heterocycles. The Balaban J connectivity index is 1.28. The van der Waals surface area contributed by atoms with Crippen molar-refractivity contribution in [1.29, 1.82) is 0 Å². The van der Waals surface area contributed by atoms with Crippen LogP contribution in [0.4, 0.5) is 5.69 Å². The van der Waals surface area contributed by atoms with Gasteiger partial charge in [0.2, 0.25) is 5.91 Å². The molecular formula is C21H22N2O3. The number of rotatable bonds is 5. The summed E-state index contributed by atoms with van der Waals surface area (Å²) in [6, 6.07) is 14.9. The third kappa shape index (κ3) is 3.57. The Morgan fingerprint density at radius 2 is 1.85 bits per heavy atom. The molecule has 5 heteroatoms. The first-order valence-corrected chi connectivity index (χ1v) is 9.04. The van der Waals surface area contributed by atoms with Crippen LogP contribution < -0.4 is 15.4 Å². The van der Waals surface area contributed by atoms with Crippen molar-refractivity contribution >= 4 is 17.5 Å². The van der Waals surface area contributed by atoms with Crippen LogP contribution in [0.5, 0.6) is 5.75 Å². The van der Waals surface area contributed by atoms with Gasteiger partial charge in [-0.2, -0.15) is 0 Å². The molecule has 26 heavy (non-hydrogen) atoms. The predicted octanol–water partition coefficient (Wildman–Crippen LogP) is 3.01. The summed E-state index contributed by atoms with van der Waals surface area (Å²) in [5, 5.41) is 5.82. The standard InChI is InChI=1S/C21H22N2O3/c1-13-10-18(13)21(25)23-16-8-6-14(7-9-16)20(24)22-12-17-11-15-4-2-3-5-19(15)26-17/h2-9,13,17-18H,10-12H2,1H3,(H,22,24)(H,23,25). The Kier molecular flexibility index (Phi) is 4.37. The molecule has 134 valence electrons. The monoisotopic (exact) mass is 350 g/mol. The second-order valence-corrected chi connectivity index (χ2v) is 7.15. The fourth-order valence-corrected chi connectivity index (χ4v) is 3.30. The van der Waals surface area contributed by atoms with Crippen LogP contribution in [0.3, 0.4) is 0 Å². The van der Waals surface area contributed by atoms with Crippen LogP contribution in [-0.2, 0) is 11.2 Å². The Morgan fingerprint density at radius 1 is 1.12 bits per heavy atom. The lowest BCUT2D eigenvalue weighted by Crippen LogP contribution is -2.34. The summed E-state index contributed by atoms with van der Waals surface area (Å²) in [5.74, 6) is 1.43. The number of para-hydroxylation sites is 1. The Bertz CT molecular complexity index is 806. The number of amides is 2. The number of hydrogen-bond acceptors (Lipinski definition) is 3. The first-order valence-electron chi connectivity index (χ1n) is 9.04. The maximum Gasteiger partial charge on any atom is 0.251 e. The van der Waals surface area contributed by atoms with E-state index in [9.17, 15) is 9.59 Å². The number of hydrogen-bond donors (Lipinski definition) is 2. The van der Waals surface area contributed by atoms with Gasteiger partial charge in [-0.15, -0.1) is 0 Å². The minimum atomic E-state index is -0.141. The molecule has 0 radical (unpaired) electrons. The van der Waals surface area contributed by atoms with E-state index in [2.05, 4.69) is 17.6 Å². The maximum absolute atomic E-state index is 12.3. The molecule has 2 amide bonds. The largest absolute Gasteiger partial charge is 0.488 e. The zero-order valence-electron chi connectivity index (χ0n) is 14.7. The maximum atomic E-state index is 12.3. The summed E-state index contributed by atoms with van der Waals surface area (Å²) in [6.45, 7) is 2.54. The van der Waals surface area contributed by atoms with E-state index in [1.165, 1.54) is 5.56 Å². The Hall–Kier alpha value is -2.82. The molecule has 3 unspecified atom stereocenters. The summed E-state index contributed by atoms with van der Waals surface area (Å²) >= 11 is 0. The van der Waals surface area contributed by atoms with Gasteiger partial charge >= 0.3 is 0 Å². The third-order valence-corrected chi connectivity index (χ3v) is 5.06. The van der Waals surface area contributed by atoms with Crippen molar-refractivity contribution in [2.45, 2.75) is 25.9 Å². The highest BCUT2D eigenvalue weighted by molar-refractivity contribution is 5.97. The molecule has 2 N–H and O–H groups in total. The smallest absolute Gasteiger partial charge is 0.251 e. The molecule has 0 spiro atoms. The van der Waals surface area contributed by atoms with E-state index >= 15 is 0 Å². The van der Waals surface area contributed by atoms with E-state index in [1.54, 1.807) is 24.3 Å². The molecule has 1 fully saturated rings. The number of nitrogens with one attached hydrogen (secondary N) is 2. The van der Waals surface area contributed by atoms with Gasteiger partial charge in [0.05, 0.1) is 6.54 Å². The summed E-state index contributed by atoms with van der Waals surface area (Å²) in [4.78, 5) is 24.3. The molecule has 0 bridgehead atoms. The van der Waals surface area contributed by atoms with E-state index in [0.29, 0.717) is 18.0 Å². The van der Waals surface area contributed by atoms with Crippen molar-refractivity contribution in [2.24, 2.45) is 11.8 Å². The molecule has 1 aliphatic carbocycles. The van der Waals surface area contributed by atoms with Gasteiger partial charge in [-0.05, 0) is 48.2 Å². The van der Waals surface area contributed by atoms with Gasteiger partial charge in [-0.1, -0.05) is 25.1 Å². The zero-order chi connectivity index (χ0) is 18.1. The Labute approximate surface area is 152 Å². The topological polar surface area (TPSA) is 67.4 Å². The van der Waals surface area contributed by atoms with Crippen molar-refractivity contribution in [2.75, 3.05) is 11.9 Å². The fourth-order valence-electron chi connectivity index (χ4n) is 3.30. The summed E-state index contributed by atoms with van der Waals surface area (Å²) in [5.41, 5.74) is 2.47. The zero-order valence-corrected chi connectivity index (χ0v) is 14.7. The Morgan fingerprint density at radius 3 is 2.54 bits per heavy atom. The van der Waals surface area contributed by atoms with Crippen molar-refractivity contribution in [1.82, 2.24) is 5.32 Å². The normalized spacial score (nSPS) is 22.9. The van der Waals surface area contributed by atoms with Gasteiger partial charge in [0.25, 0.3) is 5.91 Å². The van der Waals surface area contributed by atoms with E-state index in [-0.39, 0.29) is 23.8 Å². The molecule has 2 aromatic rings. The lowest BCUT2D eigenvalue weighted by atomic mass is 10.1. The summed E-state index contributed by atoms with van der Waals surface area (Å²) in [7, 11) is 0. The average Bonchev–Trinajstić information content (AvgIpc) is 3.24. The fraction of sp³-hybridized carbons (Fsp3) is 0.333. The van der Waals surface area contributed by atoms with E-state index in [1.807, 2.05) is 24.3 Å². The van der Waals surface area contributed by atoms with Crippen molar-refractivity contribution in [3.8, 4) is 5.75 Å². The first-order chi connectivity index (χ1) is 12.6. The van der Waals surface area contributed by atoms with Crippen LogP contribution in [0.15, 0.2) is 48.5 Å². The summed E-state index contributed by atoms with van der Waals surface area (Å²) in [6.07, 6.45) is 1.73. The van der Waals surface area contributed by atoms with Crippen molar-refractivity contribution in [3.05, 3.63) is 59.7 Å². The summed E-state index contributed by atoms with van der Waals surface area (Å²) < 4.78 is 5.83. The molecule has 1 heterocycles. The minimum absolute atomic E-state index is 0.0320. The highest BCUT2D eigenvalue weighted by Gasteiger charge is 2.39. The van der Waals surface area contributed by atoms with E-state index in [0.717, 1.165) is 24.3 Å². The van der Waals surface area contributed by atoms with Crippen LogP contribution in [0.25, 0.3) is 0 Å². The molecule has 4 rings (SSSR count). The number of benzene rings is 2. The average molecular weight is 350 g/mol. The SMILES string of the molecule is CC1CC1C(=O)Nc1ccc(C(=O)NCC2Cc3ccccc3O2)cc1. The highest BCUT2D eigenvalue weighted by Crippen LogP contribution is 2.38. The molecule has 3 atom stereocenters. The number of anilines is 1. The van der Waals surface area contributed by atoms with Crippen LogP contribution in [0, 0.1) is 11.8 Å². The number of fused-ring (bicyclic) bond motifs is 1. The molecule has 2 aromatic carbocycles. The molecule has 0 aromatic heterocycles. The van der Waals surface area contributed by atoms with Gasteiger partial charge in [0.15, 0.2) is 0 Å². The number of carbonyl (C=O) groups excluding carboxylic acids is 2. The third-order valence-electron chi connectivity index (χ3n) is 5.06. The van der Waals surface area contributed by atoms with E-state index in [4.69, 9.17) is 4.74 Å². The molecule has 5 nitrogen and oxygen atoms in total. The van der Waals surface area contributed by atoms with Crippen molar-refractivity contribution in [3.63, 3.8) is 0 Å². The van der Waals surface area contributed by atoms with Crippen LogP contribution in [0.1, 0.15) is 29.3 Å². The number of carbonyl (C=O) groups is 2. The quantitative estimate of drug-likeness (QED) is 0.871. The van der Waals surface area contributed by atoms with E-state index < -0.39 is 0 Å². The lowest BCUT2D eigenvalue weighted by Gasteiger charge is -2.12. The highest BCUT2D eigenvalue weighted by atomic mass is 16.5. The molecular weight excluding hydrogens is 328 g/mol. The second kappa shape index (κ2) is 6.83. The minimum Gasteiger partial charge on any atom is -0.488 e. The van der Waals surface area contributed by atoms with Crippen molar-refractivity contribution < 1.29 is 14.3 Å². The van der Waals surface area contributed by atoms with Crippen LogP contribution in [0.2, 0.25) is 0 Å².